The number of hydrogen-bond donors (Lipinski definition) is 1. The molecule has 2 nitrogen and oxygen atoms in total. The summed E-state index contributed by atoms with van der Waals surface area (Å²) >= 11 is 0. The van der Waals surface area contributed by atoms with E-state index in [9.17, 15) is 0 Å². The molecule has 74 valence electrons. The van der Waals surface area contributed by atoms with Gasteiger partial charge in [-0.15, -0.1) is 0 Å². The van der Waals surface area contributed by atoms with Crippen LogP contribution in [-0.2, 0) is 0 Å². The summed E-state index contributed by atoms with van der Waals surface area (Å²) in [6, 6.07) is 8.35. The smallest absolute Gasteiger partial charge is 0.114 e. The fourth-order valence-corrected chi connectivity index (χ4v) is 1.39. The quantitative estimate of drug-likeness (QED) is 0.791. The van der Waals surface area contributed by atoms with E-state index in [0.717, 1.165) is 12.1 Å². The third-order valence-corrected chi connectivity index (χ3v) is 2.28. The van der Waals surface area contributed by atoms with Crippen molar-refractivity contribution in [2.24, 2.45) is 0 Å². The van der Waals surface area contributed by atoms with Crippen LogP contribution in [0.4, 0.5) is 5.69 Å². The van der Waals surface area contributed by atoms with E-state index in [1.165, 1.54) is 11.1 Å². The Kier molecular flexibility index (Phi) is 3.53. The third kappa shape index (κ3) is 2.50. The molecule has 1 aromatic carbocycles. The predicted molar refractivity (Wildman–Crippen MR) is 59.2 cm³/mol. The number of nitrogens with one attached hydrogen (secondary N) is 1. The molecule has 1 N–H and O–H groups in total. The Balaban J connectivity index is 2.82. The highest BCUT2D eigenvalue weighted by molar-refractivity contribution is 5.53. The largest absolute Gasteiger partial charge is 0.370 e. The zero-order valence-corrected chi connectivity index (χ0v) is 8.96. The van der Waals surface area contributed by atoms with Gasteiger partial charge < -0.3 is 5.32 Å². The van der Waals surface area contributed by atoms with Gasteiger partial charge in [-0.1, -0.05) is 24.6 Å². The topological polar surface area (TPSA) is 35.8 Å². The van der Waals surface area contributed by atoms with Crippen molar-refractivity contribution in [2.45, 2.75) is 33.2 Å². The number of anilines is 1. The Morgan fingerprint density at radius 3 is 2.64 bits per heavy atom. The van der Waals surface area contributed by atoms with E-state index in [0.29, 0.717) is 0 Å². The average molecular weight is 188 g/mol. The second-order valence-electron chi connectivity index (χ2n) is 3.55. The van der Waals surface area contributed by atoms with Crippen molar-refractivity contribution in [2.75, 3.05) is 5.32 Å². The van der Waals surface area contributed by atoms with Gasteiger partial charge >= 0.3 is 0 Å². The minimum absolute atomic E-state index is 0.0867. The molecule has 1 atom stereocenters. The summed E-state index contributed by atoms with van der Waals surface area (Å²) in [6.45, 7) is 6.13. The number of hydrogen-bond acceptors (Lipinski definition) is 2. The van der Waals surface area contributed by atoms with Gasteiger partial charge in [-0.2, -0.15) is 5.26 Å². The molecule has 0 fully saturated rings. The van der Waals surface area contributed by atoms with Crippen molar-refractivity contribution in [3.05, 3.63) is 29.3 Å². The van der Waals surface area contributed by atoms with Crippen LogP contribution in [0.1, 0.15) is 24.5 Å². The van der Waals surface area contributed by atoms with Gasteiger partial charge in [-0.25, -0.2) is 0 Å². The number of nitrogens with zero attached hydrogens (tertiary/aromatic N) is 1. The lowest BCUT2D eigenvalue weighted by atomic mass is 10.1. The van der Waals surface area contributed by atoms with Crippen LogP contribution < -0.4 is 5.32 Å². The lowest BCUT2D eigenvalue weighted by Crippen LogP contribution is -2.16. The number of aryl methyl sites for hydroxylation is 2. The summed E-state index contributed by atoms with van der Waals surface area (Å²) in [7, 11) is 0. The van der Waals surface area contributed by atoms with Crippen LogP contribution in [0.2, 0.25) is 0 Å². The molecule has 0 saturated heterocycles. The normalized spacial score (nSPS) is 11.9. The van der Waals surface area contributed by atoms with Crippen LogP contribution in [0, 0.1) is 25.2 Å². The molecule has 0 amide bonds. The van der Waals surface area contributed by atoms with Gasteiger partial charge in [-0.05, 0) is 31.9 Å². The first-order chi connectivity index (χ1) is 6.67. The molecule has 14 heavy (non-hydrogen) atoms. The van der Waals surface area contributed by atoms with E-state index in [1.54, 1.807) is 0 Å². The summed E-state index contributed by atoms with van der Waals surface area (Å²) in [4.78, 5) is 0. The van der Waals surface area contributed by atoms with Crippen LogP contribution in [-0.4, -0.2) is 6.04 Å². The molecule has 0 bridgehead atoms. The maximum Gasteiger partial charge on any atom is 0.114 e. The minimum atomic E-state index is -0.0867. The maximum absolute atomic E-state index is 8.82. The first kappa shape index (κ1) is 10.6. The molecule has 2 heteroatoms. The zero-order valence-electron chi connectivity index (χ0n) is 8.96. The molecule has 0 aliphatic heterocycles. The van der Waals surface area contributed by atoms with Crippen LogP contribution in [0.5, 0.6) is 0 Å². The highest BCUT2D eigenvalue weighted by atomic mass is 14.9. The molecule has 0 saturated carbocycles. The molecule has 0 spiro atoms. The second kappa shape index (κ2) is 4.66. The second-order valence-corrected chi connectivity index (χ2v) is 3.55. The molecular formula is C12H16N2. The van der Waals surface area contributed by atoms with Crippen molar-refractivity contribution in [1.29, 1.82) is 5.26 Å². The van der Waals surface area contributed by atoms with E-state index in [4.69, 9.17) is 5.26 Å². The molecular weight excluding hydrogens is 172 g/mol. The molecule has 1 aromatic rings. The molecule has 0 aliphatic carbocycles. The van der Waals surface area contributed by atoms with Crippen LogP contribution >= 0.6 is 0 Å². The van der Waals surface area contributed by atoms with E-state index in [1.807, 2.05) is 13.0 Å². The van der Waals surface area contributed by atoms with Crippen molar-refractivity contribution >= 4 is 5.69 Å². The van der Waals surface area contributed by atoms with Gasteiger partial charge in [0.25, 0.3) is 0 Å². The van der Waals surface area contributed by atoms with Crippen LogP contribution in [0.25, 0.3) is 0 Å². The lowest BCUT2D eigenvalue weighted by molar-refractivity contribution is 0.844. The molecule has 0 aromatic heterocycles. The van der Waals surface area contributed by atoms with Gasteiger partial charge in [0, 0.05) is 5.69 Å². The Bertz CT molecular complexity index is 350. The Morgan fingerprint density at radius 1 is 1.43 bits per heavy atom. The monoisotopic (exact) mass is 188 g/mol. The first-order valence-electron chi connectivity index (χ1n) is 4.90. The van der Waals surface area contributed by atoms with E-state index < -0.39 is 0 Å². The van der Waals surface area contributed by atoms with E-state index in [-0.39, 0.29) is 6.04 Å². The van der Waals surface area contributed by atoms with E-state index >= 15 is 0 Å². The highest BCUT2D eigenvalue weighted by Gasteiger charge is 2.05. The van der Waals surface area contributed by atoms with Crippen LogP contribution in [0.15, 0.2) is 18.2 Å². The SMILES string of the molecule is CCC(C#N)Nc1ccc(C)cc1C. The molecule has 0 aliphatic rings. The minimum Gasteiger partial charge on any atom is -0.370 e. The Hall–Kier alpha value is -1.49. The summed E-state index contributed by atoms with van der Waals surface area (Å²) in [6.07, 6.45) is 0.823. The lowest BCUT2D eigenvalue weighted by Gasteiger charge is -2.13. The Labute approximate surface area is 85.6 Å². The average Bonchev–Trinajstić information content (AvgIpc) is 2.17. The van der Waals surface area contributed by atoms with Gasteiger partial charge in [0.1, 0.15) is 6.04 Å². The predicted octanol–water partition coefficient (Wildman–Crippen LogP) is 3.02. The molecule has 0 heterocycles. The van der Waals surface area contributed by atoms with Crippen molar-refractivity contribution < 1.29 is 0 Å². The number of nitriles is 1. The number of benzene rings is 1. The maximum atomic E-state index is 8.82. The highest BCUT2D eigenvalue weighted by Crippen LogP contribution is 2.17. The summed E-state index contributed by atoms with van der Waals surface area (Å²) in [5.74, 6) is 0. The van der Waals surface area contributed by atoms with Crippen molar-refractivity contribution in [3.8, 4) is 6.07 Å². The zero-order chi connectivity index (χ0) is 10.6. The number of rotatable bonds is 3. The standard InChI is InChI=1S/C12H16N2/c1-4-11(8-13)14-12-6-5-9(2)7-10(12)3/h5-7,11,14H,4H2,1-3H3. The fraction of sp³-hybridized carbons (Fsp3) is 0.417. The molecule has 1 unspecified atom stereocenters. The summed E-state index contributed by atoms with van der Waals surface area (Å²) in [5.41, 5.74) is 3.50. The summed E-state index contributed by atoms with van der Waals surface area (Å²) in [5, 5.41) is 12.0. The molecule has 0 radical (unpaired) electrons. The van der Waals surface area contributed by atoms with Crippen LogP contribution in [0.3, 0.4) is 0 Å². The van der Waals surface area contributed by atoms with Crippen molar-refractivity contribution in [3.63, 3.8) is 0 Å². The van der Waals surface area contributed by atoms with Crippen molar-refractivity contribution in [1.82, 2.24) is 0 Å². The first-order valence-corrected chi connectivity index (χ1v) is 4.90. The third-order valence-electron chi connectivity index (χ3n) is 2.28. The van der Waals surface area contributed by atoms with E-state index in [2.05, 4.69) is 37.4 Å². The summed E-state index contributed by atoms with van der Waals surface area (Å²) < 4.78 is 0. The fourth-order valence-electron chi connectivity index (χ4n) is 1.39. The van der Waals surface area contributed by atoms with Gasteiger partial charge in [0.2, 0.25) is 0 Å². The van der Waals surface area contributed by atoms with Gasteiger partial charge in [0.05, 0.1) is 6.07 Å². The Morgan fingerprint density at radius 2 is 2.14 bits per heavy atom. The molecule has 1 rings (SSSR count). The van der Waals surface area contributed by atoms with Gasteiger partial charge in [0.15, 0.2) is 0 Å². The van der Waals surface area contributed by atoms with Gasteiger partial charge in [-0.3, -0.25) is 0 Å².